The van der Waals surface area contributed by atoms with E-state index in [0.717, 1.165) is 10.2 Å². The molecule has 0 unspecified atom stereocenters. The normalized spacial score (nSPS) is 11.2. The summed E-state index contributed by atoms with van der Waals surface area (Å²) >= 11 is 0. The lowest BCUT2D eigenvalue weighted by Crippen LogP contribution is -2.19. The molecule has 3 heterocycles. The number of nitrogens with zero attached hydrogens (tertiary/aromatic N) is 7. The molecule has 0 aliphatic heterocycles. The highest BCUT2D eigenvalue weighted by Gasteiger charge is 2.20. The molecule has 5 aromatic rings. The Hall–Kier alpha value is -4.41. The van der Waals surface area contributed by atoms with Gasteiger partial charge in [0.05, 0.1) is 28.9 Å². The third-order valence-corrected chi connectivity index (χ3v) is 4.49. The molecule has 0 spiro atoms. The molecule has 0 saturated heterocycles. The molecule has 0 amide bonds. The van der Waals surface area contributed by atoms with Crippen LogP contribution in [0.1, 0.15) is 17.3 Å². The summed E-state index contributed by atoms with van der Waals surface area (Å²) in [6.45, 7) is 1.93. The van der Waals surface area contributed by atoms with Crippen LogP contribution in [0.3, 0.4) is 0 Å². The van der Waals surface area contributed by atoms with Gasteiger partial charge in [-0.05, 0) is 41.6 Å². The van der Waals surface area contributed by atoms with Crippen LogP contribution >= 0.6 is 0 Å². The molecule has 0 fully saturated rings. The lowest BCUT2D eigenvalue weighted by Gasteiger charge is -2.07. The molecule has 3 aromatic heterocycles. The van der Waals surface area contributed by atoms with Crippen molar-refractivity contribution < 1.29 is 9.53 Å². The van der Waals surface area contributed by atoms with Gasteiger partial charge in [-0.1, -0.05) is 24.3 Å². The second-order valence-corrected chi connectivity index (χ2v) is 6.29. The van der Waals surface area contributed by atoms with E-state index in [2.05, 4.69) is 30.6 Å². The van der Waals surface area contributed by atoms with E-state index in [4.69, 9.17) is 4.74 Å². The highest BCUT2D eigenvalue weighted by Crippen LogP contribution is 2.22. The predicted octanol–water partition coefficient (Wildman–Crippen LogP) is 1.39. The molecule has 0 aliphatic rings. The molecule has 0 bridgehead atoms. The fourth-order valence-corrected chi connectivity index (χ4v) is 3.20. The Kier molecular flexibility index (Phi) is 4.05. The first-order valence-corrected chi connectivity index (χ1v) is 9.10. The zero-order valence-corrected chi connectivity index (χ0v) is 15.7. The van der Waals surface area contributed by atoms with Gasteiger partial charge in [0.15, 0.2) is 11.5 Å². The van der Waals surface area contributed by atoms with Crippen LogP contribution in [0.25, 0.3) is 33.9 Å². The van der Waals surface area contributed by atoms with Crippen LogP contribution in [0.5, 0.6) is 0 Å². The topological polar surface area (TPSA) is 133 Å². The molecule has 0 atom stereocenters. The van der Waals surface area contributed by atoms with Crippen molar-refractivity contribution in [2.45, 2.75) is 6.92 Å². The number of hydrogen-bond donors (Lipinski definition) is 1. The first kappa shape index (κ1) is 17.7. The van der Waals surface area contributed by atoms with Crippen molar-refractivity contribution in [2.24, 2.45) is 0 Å². The molecule has 30 heavy (non-hydrogen) atoms. The quantitative estimate of drug-likeness (QED) is 0.446. The predicted molar refractivity (Wildman–Crippen MR) is 105 cm³/mol. The monoisotopic (exact) mass is 402 g/mol. The molecular weight excluding hydrogens is 388 g/mol. The molecule has 148 valence electrons. The Balaban J connectivity index is 1.71. The van der Waals surface area contributed by atoms with Crippen LogP contribution < -0.4 is 5.69 Å². The maximum absolute atomic E-state index is 12.7. The van der Waals surface area contributed by atoms with Crippen LogP contribution in [-0.4, -0.2) is 52.4 Å². The minimum atomic E-state index is -0.544. The number of aromatic nitrogens is 8. The van der Waals surface area contributed by atoms with Crippen molar-refractivity contribution >= 4 is 22.6 Å². The number of aromatic amines is 1. The average Bonchev–Trinajstić information content (AvgIpc) is 3.40. The van der Waals surface area contributed by atoms with Crippen molar-refractivity contribution in [1.82, 2.24) is 39.8 Å². The maximum atomic E-state index is 12.7. The highest BCUT2D eigenvalue weighted by molar-refractivity contribution is 5.93. The first-order valence-electron chi connectivity index (χ1n) is 9.10. The van der Waals surface area contributed by atoms with Gasteiger partial charge in [-0.3, -0.25) is 4.98 Å². The van der Waals surface area contributed by atoms with E-state index in [-0.39, 0.29) is 18.0 Å². The minimum Gasteiger partial charge on any atom is -0.462 e. The van der Waals surface area contributed by atoms with Crippen molar-refractivity contribution in [3.8, 4) is 17.2 Å². The van der Waals surface area contributed by atoms with E-state index < -0.39 is 11.7 Å². The highest BCUT2D eigenvalue weighted by atomic mass is 16.5. The molecule has 2 aromatic carbocycles. The number of benzene rings is 2. The molecule has 5 rings (SSSR count). The Labute approximate surface area is 167 Å². The van der Waals surface area contributed by atoms with Gasteiger partial charge in [0.25, 0.3) is 0 Å². The van der Waals surface area contributed by atoms with E-state index >= 15 is 0 Å². The summed E-state index contributed by atoms with van der Waals surface area (Å²) in [5.41, 5.74) is 1.98. The minimum absolute atomic E-state index is 0.171. The van der Waals surface area contributed by atoms with Crippen LogP contribution in [-0.2, 0) is 4.74 Å². The van der Waals surface area contributed by atoms with Gasteiger partial charge in [-0.2, -0.15) is 9.20 Å². The zero-order chi connectivity index (χ0) is 20.7. The molecular formula is C19H14N8O3. The summed E-state index contributed by atoms with van der Waals surface area (Å²) in [6, 6.07) is 13.9. The zero-order valence-electron chi connectivity index (χ0n) is 15.7. The summed E-state index contributed by atoms with van der Waals surface area (Å²) in [4.78, 5) is 32.2. The number of carbonyl (C=O) groups is 1. The van der Waals surface area contributed by atoms with E-state index in [9.17, 15) is 9.59 Å². The van der Waals surface area contributed by atoms with E-state index in [1.54, 1.807) is 31.2 Å². The fourth-order valence-electron chi connectivity index (χ4n) is 3.20. The SMILES string of the molecule is CCOC(=O)c1ccccc1-n1nc(-c2nc3ccccc3n3nnnc23)[nH]c1=O. The fraction of sp³-hybridized carbons (Fsp3) is 0.105. The van der Waals surface area contributed by atoms with Gasteiger partial charge in [0.1, 0.15) is 0 Å². The number of ether oxygens (including phenoxy) is 1. The first-order chi connectivity index (χ1) is 14.7. The molecule has 11 nitrogen and oxygen atoms in total. The summed E-state index contributed by atoms with van der Waals surface area (Å²) in [5, 5.41) is 16.1. The molecule has 0 radical (unpaired) electrons. The number of nitrogens with one attached hydrogen (secondary N) is 1. The molecule has 11 heteroatoms. The van der Waals surface area contributed by atoms with Crippen LogP contribution in [0.4, 0.5) is 0 Å². The number of fused-ring (bicyclic) bond motifs is 3. The average molecular weight is 402 g/mol. The number of carbonyl (C=O) groups excluding carboxylic acids is 1. The van der Waals surface area contributed by atoms with E-state index in [0.29, 0.717) is 22.5 Å². The van der Waals surface area contributed by atoms with Crippen LogP contribution in [0, 0.1) is 0 Å². The maximum Gasteiger partial charge on any atom is 0.348 e. The van der Waals surface area contributed by atoms with Crippen molar-refractivity contribution in [1.29, 1.82) is 0 Å². The van der Waals surface area contributed by atoms with Gasteiger partial charge in [-0.25, -0.2) is 14.6 Å². The Morgan fingerprint density at radius 2 is 1.93 bits per heavy atom. The van der Waals surface area contributed by atoms with E-state index in [1.165, 1.54) is 4.52 Å². The van der Waals surface area contributed by atoms with Crippen molar-refractivity contribution in [2.75, 3.05) is 6.61 Å². The standard InChI is InChI=1S/C19H14N8O3/c1-2-30-18(28)11-7-3-5-9-13(11)27-19(29)21-16(23-27)15-17-22-24-25-26(17)14-10-6-4-8-12(14)20-15/h3-10H,2H2,1H3,(H,21,23,29). The van der Waals surface area contributed by atoms with E-state index in [1.807, 2.05) is 24.3 Å². The van der Waals surface area contributed by atoms with Crippen molar-refractivity contribution in [3.05, 3.63) is 64.6 Å². The van der Waals surface area contributed by atoms with Gasteiger partial charge in [0.2, 0.25) is 5.65 Å². The number of rotatable bonds is 4. The number of hydrogen-bond acceptors (Lipinski definition) is 8. The lowest BCUT2D eigenvalue weighted by molar-refractivity contribution is 0.0526. The summed E-state index contributed by atoms with van der Waals surface area (Å²) in [5.74, 6) is -0.373. The Morgan fingerprint density at radius 3 is 2.80 bits per heavy atom. The Bertz CT molecular complexity index is 1470. The lowest BCUT2D eigenvalue weighted by atomic mass is 10.2. The third-order valence-electron chi connectivity index (χ3n) is 4.49. The van der Waals surface area contributed by atoms with Gasteiger partial charge in [-0.15, -0.1) is 10.2 Å². The largest absolute Gasteiger partial charge is 0.462 e. The van der Waals surface area contributed by atoms with Crippen LogP contribution in [0.15, 0.2) is 53.3 Å². The molecule has 1 N–H and O–H groups in total. The second kappa shape index (κ2) is 6.88. The summed E-state index contributed by atoms with van der Waals surface area (Å²) in [6.07, 6.45) is 0. The number of H-pyrrole nitrogens is 1. The second-order valence-electron chi connectivity index (χ2n) is 6.29. The Morgan fingerprint density at radius 1 is 1.13 bits per heavy atom. The number of tetrazole rings is 1. The number of para-hydroxylation sites is 3. The van der Waals surface area contributed by atoms with Crippen molar-refractivity contribution in [3.63, 3.8) is 0 Å². The summed E-state index contributed by atoms with van der Waals surface area (Å²) in [7, 11) is 0. The molecule has 0 aliphatic carbocycles. The van der Waals surface area contributed by atoms with Crippen LogP contribution in [0.2, 0.25) is 0 Å². The van der Waals surface area contributed by atoms with Gasteiger partial charge in [0, 0.05) is 0 Å². The number of esters is 1. The molecule has 0 saturated carbocycles. The smallest absolute Gasteiger partial charge is 0.348 e. The van der Waals surface area contributed by atoms with Gasteiger partial charge >= 0.3 is 11.7 Å². The third kappa shape index (κ3) is 2.71. The van der Waals surface area contributed by atoms with Gasteiger partial charge < -0.3 is 4.74 Å². The summed E-state index contributed by atoms with van der Waals surface area (Å²) < 4.78 is 7.71.